The van der Waals surface area contributed by atoms with Crippen LogP contribution in [0.4, 0.5) is 0 Å². The molecule has 1 aromatic rings. The quantitative estimate of drug-likeness (QED) is 0.793. The molecule has 4 nitrogen and oxygen atoms in total. The Hall–Kier alpha value is -1.00. The zero-order valence-corrected chi connectivity index (χ0v) is 10.7. The number of hydrogen-bond acceptors (Lipinski definition) is 4. The molecule has 1 heterocycles. The number of methoxy groups -OCH3 is 2. The maximum absolute atomic E-state index is 5.78. The van der Waals surface area contributed by atoms with Crippen molar-refractivity contribution in [2.75, 3.05) is 20.8 Å². The molecule has 1 aliphatic carbocycles. The highest BCUT2D eigenvalue weighted by Gasteiger charge is 2.30. The zero-order valence-electron chi connectivity index (χ0n) is 10.7. The lowest BCUT2D eigenvalue weighted by molar-refractivity contribution is 0.0831. The molecule has 0 aromatic carbocycles. The minimum Gasteiger partial charge on any atom is -0.465 e. The molecule has 0 aliphatic heterocycles. The zero-order chi connectivity index (χ0) is 12.3. The Balaban J connectivity index is 2.40. The average Bonchev–Trinajstić information content (AvgIpc) is 2.68. The van der Waals surface area contributed by atoms with E-state index in [0.717, 1.165) is 36.1 Å². The van der Waals surface area contributed by atoms with Gasteiger partial charge in [-0.25, -0.2) is 0 Å². The van der Waals surface area contributed by atoms with E-state index in [1.165, 1.54) is 0 Å². The van der Waals surface area contributed by atoms with Crippen LogP contribution in [0.25, 0.3) is 0 Å². The molecule has 1 aromatic heterocycles. The SMILES string of the molecule is CCOc1oc2c(c1COC)C(OC)CCC2. The van der Waals surface area contributed by atoms with E-state index in [-0.39, 0.29) is 6.10 Å². The van der Waals surface area contributed by atoms with E-state index in [1.54, 1.807) is 14.2 Å². The van der Waals surface area contributed by atoms with Gasteiger partial charge in [0.15, 0.2) is 0 Å². The second-order valence-electron chi connectivity index (χ2n) is 4.19. The molecule has 1 unspecified atom stereocenters. The number of ether oxygens (including phenoxy) is 3. The van der Waals surface area contributed by atoms with E-state index in [1.807, 2.05) is 6.92 Å². The van der Waals surface area contributed by atoms with Gasteiger partial charge in [-0.2, -0.15) is 0 Å². The minimum atomic E-state index is 0.113. The fourth-order valence-corrected chi connectivity index (χ4v) is 2.42. The first-order valence-corrected chi connectivity index (χ1v) is 6.10. The Morgan fingerprint density at radius 3 is 2.82 bits per heavy atom. The summed E-state index contributed by atoms with van der Waals surface area (Å²) >= 11 is 0. The highest BCUT2D eigenvalue weighted by atomic mass is 16.6. The van der Waals surface area contributed by atoms with Crippen molar-refractivity contribution in [2.24, 2.45) is 0 Å². The molecule has 0 radical (unpaired) electrons. The van der Waals surface area contributed by atoms with Crippen LogP contribution in [0.2, 0.25) is 0 Å². The van der Waals surface area contributed by atoms with E-state index in [4.69, 9.17) is 18.6 Å². The summed E-state index contributed by atoms with van der Waals surface area (Å²) in [5.41, 5.74) is 2.15. The molecule has 0 bridgehead atoms. The van der Waals surface area contributed by atoms with Crippen LogP contribution in [-0.4, -0.2) is 20.8 Å². The molecule has 1 aliphatic rings. The van der Waals surface area contributed by atoms with E-state index >= 15 is 0 Å². The summed E-state index contributed by atoms with van der Waals surface area (Å²) in [7, 11) is 3.42. The lowest BCUT2D eigenvalue weighted by Crippen LogP contribution is -2.11. The van der Waals surface area contributed by atoms with Crippen LogP contribution in [0.3, 0.4) is 0 Å². The fourth-order valence-electron chi connectivity index (χ4n) is 2.42. The summed E-state index contributed by atoms with van der Waals surface area (Å²) in [6.07, 6.45) is 3.20. The molecule has 1 atom stereocenters. The molecule has 0 N–H and O–H groups in total. The van der Waals surface area contributed by atoms with E-state index in [0.29, 0.717) is 19.2 Å². The number of hydrogen-bond donors (Lipinski definition) is 0. The van der Waals surface area contributed by atoms with Crippen LogP contribution in [-0.2, 0) is 22.5 Å². The fraction of sp³-hybridized carbons (Fsp3) is 0.692. The van der Waals surface area contributed by atoms with Crippen molar-refractivity contribution in [1.29, 1.82) is 0 Å². The van der Waals surface area contributed by atoms with Gasteiger partial charge < -0.3 is 18.6 Å². The van der Waals surface area contributed by atoms with Crippen molar-refractivity contribution >= 4 is 0 Å². The normalized spacial score (nSPS) is 19.1. The Bertz CT molecular complexity index is 370. The van der Waals surface area contributed by atoms with E-state index in [9.17, 15) is 0 Å². The molecule has 4 heteroatoms. The van der Waals surface area contributed by atoms with E-state index in [2.05, 4.69) is 0 Å². The van der Waals surface area contributed by atoms with Gasteiger partial charge in [-0.3, -0.25) is 0 Å². The van der Waals surface area contributed by atoms with Crippen LogP contribution >= 0.6 is 0 Å². The van der Waals surface area contributed by atoms with Gasteiger partial charge in [0, 0.05) is 26.2 Å². The highest BCUT2D eigenvalue weighted by Crippen LogP contribution is 2.41. The van der Waals surface area contributed by atoms with Gasteiger partial charge in [0.25, 0.3) is 5.95 Å². The van der Waals surface area contributed by atoms with Crippen LogP contribution in [0, 0.1) is 0 Å². The van der Waals surface area contributed by atoms with Crippen LogP contribution in [0.1, 0.15) is 42.8 Å². The first-order chi connectivity index (χ1) is 8.31. The summed E-state index contributed by atoms with van der Waals surface area (Å²) in [5.74, 6) is 1.60. The maximum Gasteiger partial charge on any atom is 0.290 e. The average molecular weight is 240 g/mol. The van der Waals surface area contributed by atoms with Gasteiger partial charge in [-0.05, 0) is 19.8 Å². The Kier molecular flexibility index (Phi) is 4.07. The van der Waals surface area contributed by atoms with Gasteiger partial charge in [0.2, 0.25) is 0 Å². The number of furan rings is 1. The molecule has 0 saturated heterocycles. The molecule has 0 fully saturated rings. The minimum absolute atomic E-state index is 0.113. The van der Waals surface area contributed by atoms with Crippen molar-refractivity contribution in [1.82, 2.24) is 0 Å². The largest absolute Gasteiger partial charge is 0.465 e. The maximum atomic E-state index is 5.78. The molecule has 17 heavy (non-hydrogen) atoms. The number of fused-ring (bicyclic) bond motifs is 1. The van der Waals surface area contributed by atoms with Gasteiger partial charge in [-0.15, -0.1) is 0 Å². The molecule has 0 saturated carbocycles. The lowest BCUT2D eigenvalue weighted by Gasteiger charge is -2.21. The first-order valence-electron chi connectivity index (χ1n) is 6.10. The summed E-state index contributed by atoms with van der Waals surface area (Å²) in [4.78, 5) is 0. The predicted octanol–water partition coefficient (Wildman–Crippen LogP) is 2.85. The van der Waals surface area contributed by atoms with Crippen molar-refractivity contribution in [2.45, 2.75) is 38.9 Å². The topological polar surface area (TPSA) is 40.8 Å². The van der Waals surface area contributed by atoms with Crippen molar-refractivity contribution in [3.63, 3.8) is 0 Å². The van der Waals surface area contributed by atoms with Gasteiger partial charge in [0.05, 0.1) is 24.9 Å². The van der Waals surface area contributed by atoms with Crippen LogP contribution in [0.5, 0.6) is 5.95 Å². The third-order valence-corrected chi connectivity index (χ3v) is 3.13. The van der Waals surface area contributed by atoms with Crippen LogP contribution < -0.4 is 4.74 Å². The highest BCUT2D eigenvalue weighted by molar-refractivity contribution is 5.40. The van der Waals surface area contributed by atoms with Crippen molar-refractivity contribution < 1.29 is 18.6 Å². The third kappa shape index (κ3) is 2.33. The second-order valence-corrected chi connectivity index (χ2v) is 4.19. The van der Waals surface area contributed by atoms with Gasteiger partial charge in [-0.1, -0.05) is 0 Å². The molecule has 96 valence electrons. The smallest absolute Gasteiger partial charge is 0.290 e. The molecular weight excluding hydrogens is 220 g/mol. The summed E-state index contributed by atoms with van der Waals surface area (Å²) in [6.45, 7) is 3.06. The molecule has 2 rings (SSSR count). The third-order valence-electron chi connectivity index (χ3n) is 3.13. The second kappa shape index (κ2) is 5.56. The lowest BCUT2D eigenvalue weighted by atomic mass is 9.92. The van der Waals surface area contributed by atoms with Gasteiger partial charge in [0.1, 0.15) is 5.76 Å². The monoisotopic (exact) mass is 240 g/mol. The summed E-state index contributed by atoms with van der Waals surface area (Å²) < 4.78 is 22.1. The molecule has 0 amide bonds. The first kappa shape index (κ1) is 12.5. The molecular formula is C13H20O4. The summed E-state index contributed by atoms with van der Waals surface area (Å²) in [6, 6.07) is 0. The number of rotatable bonds is 5. The summed E-state index contributed by atoms with van der Waals surface area (Å²) in [5, 5.41) is 0. The predicted molar refractivity (Wildman–Crippen MR) is 63.3 cm³/mol. The van der Waals surface area contributed by atoms with Crippen LogP contribution in [0.15, 0.2) is 4.42 Å². The number of aryl methyl sites for hydroxylation is 1. The molecule has 0 spiro atoms. The standard InChI is InChI=1S/C13H20O4/c1-4-16-13-9(8-14-2)12-10(15-3)6-5-7-11(12)17-13/h10H,4-8H2,1-3H3. The van der Waals surface area contributed by atoms with Crippen molar-refractivity contribution in [3.8, 4) is 5.95 Å². The van der Waals surface area contributed by atoms with Crippen molar-refractivity contribution in [3.05, 3.63) is 16.9 Å². The van der Waals surface area contributed by atoms with Gasteiger partial charge >= 0.3 is 0 Å². The Labute approximate surface area is 102 Å². The van der Waals surface area contributed by atoms with E-state index < -0.39 is 0 Å². The Morgan fingerprint density at radius 1 is 1.35 bits per heavy atom. The Morgan fingerprint density at radius 2 is 2.18 bits per heavy atom.